The second-order valence-electron chi connectivity index (χ2n) is 17.1. The quantitative estimate of drug-likeness (QED) is 0.0233. The summed E-state index contributed by atoms with van der Waals surface area (Å²) in [6, 6.07) is 21.3. The van der Waals surface area contributed by atoms with Crippen LogP contribution in [0.5, 0.6) is 0 Å². The second-order valence-corrected chi connectivity index (χ2v) is 17.1. The van der Waals surface area contributed by atoms with Crippen LogP contribution >= 0.6 is 0 Å². The molecule has 0 saturated carbocycles. The number of hydrogen-bond acceptors (Lipinski definition) is 7. The molecule has 0 spiro atoms. The normalized spacial score (nSPS) is 12.7. The molecule has 0 saturated heterocycles. The number of ether oxygens (including phenoxy) is 2. The second kappa shape index (κ2) is 22.2. The zero-order chi connectivity index (χ0) is 47.6. The number of fused-ring (bicyclic) bond motifs is 2. The number of aryl methyl sites for hydroxylation is 4. The fourth-order valence-corrected chi connectivity index (χ4v) is 8.05. The van der Waals surface area contributed by atoms with Crippen molar-refractivity contribution in [2.75, 3.05) is 6.79 Å². The number of carbonyl (C=O) groups excluding carboxylic acids is 1. The number of hydrogen-bond donors (Lipinski definition) is 0. The topological polar surface area (TPSA) is 96.0 Å². The molecule has 0 aliphatic carbocycles. The van der Waals surface area contributed by atoms with E-state index < -0.39 is 46.8 Å². The molecule has 6 rings (SSSR count). The first kappa shape index (κ1) is 49.7. The zero-order valence-electron chi connectivity index (χ0n) is 37.8. The fourth-order valence-electron chi connectivity index (χ4n) is 8.05. The largest absolute Gasteiger partial charge is 0.438 e. The van der Waals surface area contributed by atoms with Gasteiger partial charge in [0, 0.05) is 21.9 Å². The van der Waals surface area contributed by atoms with Crippen LogP contribution in [0.2, 0.25) is 0 Å². The van der Waals surface area contributed by atoms with Crippen LogP contribution in [0.4, 0.5) is 26.3 Å². The van der Waals surface area contributed by atoms with Crippen LogP contribution in [0.15, 0.2) is 103 Å². The molecule has 1 unspecified atom stereocenters. The first-order chi connectivity index (χ1) is 31.5. The van der Waals surface area contributed by atoms with Crippen LogP contribution in [0, 0.1) is 5.92 Å². The number of rotatable bonds is 21. The third-order valence-electron chi connectivity index (χ3n) is 12.1. The molecule has 0 fully saturated rings. The highest BCUT2D eigenvalue weighted by atomic mass is 19.4. The lowest BCUT2D eigenvalue weighted by molar-refractivity contribution is -0.165. The molecular weight excluding hydrogens is 863 g/mol. The van der Waals surface area contributed by atoms with Crippen LogP contribution < -0.4 is 11.3 Å². The lowest BCUT2D eigenvalue weighted by Gasteiger charge is -2.19. The summed E-state index contributed by atoms with van der Waals surface area (Å²) in [5.41, 5.74) is -1.38. The monoisotopic (exact) mass is 918 g/mol. The average molecular weight is 919 g/mol. The van der Waals surface area contributed by atoms with E-state index in [1.807, 2.05) is 20.8 Å². The number of alkyl halides is 6. The third kappa shape index (κ3) is 12.8. The Labute approximate surface area is 380 Å². The van der Waals surface area contributed by atoms with Crippen molar-refractivity contribution in [3.8, 4) is 22.3 Å². The Kier molecular flexibility index (Phi) is 16.7. The molecule has 7 nitrogen and oxygen atoms in total. The molecular formula is C53H56F6O7. The summed E-state index contributed by atoms with van der Waals surface area (Å²) in [4.78, 5) is 39.0. The maximum absolute atomic E-state index is 14.3. The summed E-state index contributed by atoms with van der Waals surface area (Å²) in [5.74, 6) is -0.725. The molecule has 0 bridgehead atoms. The molecule has 2 aromatic heterocycles. The molecule has 2 heterocycles. The molecule has 0 aliphatic heterocycles. The first-order valence-electron chi connectivity index (χ1n) is 22.8. The summed E-state index contributed by atoms with van der Waals surface area (Å²) in [6.45, 7) is 7.36. The predicted molar refractivity (Wildman–Crippen MR) is 244 cm³/mol. The SMILES string of the molecule is CCCCCc1ccc(-c2cc3ccc(CCC(CCc4ccc5cc(-c6ccc(CCCCC)cc6C(F)(F)F)c(=O)oc5c4)OCOC(=O)C(C)CC)cc3oc2=O)c(C(F)(F)F)c1. The molecule has 4 aromatic carbocycles. The maximum Gasteiger partial charge on any atom is 0.417 e. The number of esters is 1. The number of unbranched alkanes of at least 4 members (excludes halogenated alkanes) is 4. The Morgan fingerprint density at radius 3 is 1.39 bits per heavy atom. The van der Waals surface area contributed by atoms with Gasteiger partial charge in [-0.2, -0.15) is 26.3 Å². The molecule has 66 heavy (non-hydrogen) atoms. The van der Waals surface area contributed by atoms with Gasteiger partial charge in [-0.1, -0.05) is 102 Å². The number of halogens is 6. The summed E-state index contributed by atoms with van der Waals surface area (Å²) in [5, 5.41) is 0.898. The van der Waals surface area contributed by atoms with E-state index >= 15 is 0 Å². The zero-order valence-corrected chi connectivity index (χ0v) is 37.8. The Morgan fingerprint density at radius 2 is 0.985 bits per heavy atom. The number of benzene rings is 4. The number of carbonyl (C=O) groups is 1. The summed E-state index contributed by atoms with van der Waals surface area (Å²) in [6.07, 6.45) is -1.34. The van der Waals surface area contributed by atoms with Crippen molar-refractivity contribution in [1.29, 1.82) is 0 Å². The van der Waals surface area contributed by atoms with Gasteiger partial charge in [0.05, 0.1) is 34.3 Å². The molecule has 13 heteroatoms. The van der Waals surface area contributed by atoms with E-state index in [9.17, 15) is 40.7 Å². The van der Waals surface area contributed by atoms with Gasteiger partial charge < -0.3 is 18.3 Å². The fraction of sp³-hybridized carbons (Fsp3) is 0.415. The highest BCUT2D eigenvalue weighted by molar-refractivity contribution is 5.84. The third-order valence-corrected chi connectivity index (χ3v) is 12.1. The van der Waals surface area contributed by atoms with Crippen molar-refractivity contribution < 1.29 is 49.4 Å². The van der Waals surface area contributed by atoms with Crippen molar-refractivity contribution in [1.82, 2.24) is 0 Å². The Morgan fingerprint density at radius 1 is 0.561 bits per heavy atom. The van der Waals surface area contributed by atoms with Crippen molar-refractivity contribution in [3.05, 3.63) is 139 Å². The highest BCUT2D eigenvalue weighted by Gasteiger charge is 2.36. The van der Waals surface area contributed by atoms with Crippen LogP contribution in [0.25, 0.3) is 44.2 Å². The van der Waals surface area contributed by atoms with Gasteiger partial charge in [0.25, 0.3) is 0 Å². The first-order valence-corrected chi connectivity index (χ1v) is 22.8. The van der Waals surface area contributed by atoms with E-state index in [1.54, 1.807) is 55.5 Å². The van der Waals surface area contributed by atoms with Gasteiger partial charge in [0.15, 0.2) is 6.79 Å². The van der Waals surface area contributed by atoms with Gasteiger partial charge in [0.1, 0.15) is 11.2 Å². The van der Waals surface area contributed by atoms with Gasteiger partial charge in [-0.15, -0.1) is 0 Å². The molecule has 6 aromatic rings. The minimum Gasteiger partial charge on any atom is -0.438 e. The molecule has 0 N–H and O–H groups in total. The summed E-state index contributed by atoms with van der Waals surface area (Å²) < 4.78 is 108. The van der Waals surface area contributed by atoms with Crippen LogP contribution in [-0.4, -0.2) is 18.9 Å². The summed E-state index contributed by atoms with van der Waals surface area (Å²) >= 11 is 0. The van der Waals surface area contributed by atoms with Crippen molar-refractivity contribution in [2.24, 2.45) is 5.92 Å². The Balaban J connectivity index is 1.19. The lowest BCUT2D eigenvalue weighted by atomic mass is 9.95. The molecule has 0 amide bonds. The van der Waals surface area contributed by atoms with Crippen molar-refractivity contribution in [2.45, 2.75) is 130 Å². The Hall–Kier alpha value is -5.69. The van der Waals surface area contributed by atoms with Gasteiger partial charge in [0.2, 0.25) is 0 Å². The average Bonchev–Trinajstić information content (AvgIpc) is 3.28. The minimum absolute atomic E-state index is 0.185. The predicted octanol–water partition coefficient (Wildman–Crippen LogP) is 14.2. The smallest absolute Gasteiger partial charge is 0.417 e. The molecule has 0 radical (unpaired) electrons. The summed E-state index contributed by atoms with van der Waals surface area (Å²) in [7, 11) is 0. The van der Waals surface area contributed by atoms with E-state index in [0.29, 0.717) is 66.8 Å². The van der Waals surface area contributed by atoms with E-state index in [4.69, 9.17) is 18.3 Å². The van der Waals surface area contributed by atoms with Gasteiger partial charge >= 0.3 is 29.6 Å². The highest BCUT2D eigenvalue weighted by Crippen LogP contribution is 2.39. The molecule has 1 atom stereocenters. The van der Waals surface area contributed by atoms with Crippen LogP contribution in [0.1, 0.15) is 119 Å². The maximum atomic E-state index is 14.3. The van der Waals surface area contributed by atoms with E-state index in [0.717, 1.165) is 61.8 Å². The van der Waals surface area contributed by atoms with Gasteiger partial charge in [-0.25, -0.2) is 9.59 Å². The standard InChI is InChI=1S/C53H56F6O7/c1-5-8-10-12-34-18-24-41(45(26-34)52(54,55)56)43-30-38-20-14-36(28-47(38)65-50(43)61)16-22-40(63-32-64-49(60)33(4)7-3)23-17-37-15-21-39-31-44(51(62)66-48(39)29-37)42-25-19-35(13-11-9-6-2)27-46(42)53(57,58)59/h14-15,18-21,24-31,33,40H,5-13,16-17,22-23,32H2,1-4H3. The lowest BCUT2D eigenvalue weighted by Crippen LogP contribution is -2.21. The van der Waals surface area contributed by atoms with Crippen molar-refractivity contribution in [3.63, 3.8) is 0 Å². The van der Waals surface area contributed by atoms with E-state index in [-0.39, 0.29) is 46.1 Å². The van der Waals surface area contributed by atoms with Crippen molar-refractivity contribution >= 4 is 27.9 Å². The minimum atomic E-state index is -4.69. The Bertz CT molecular complexity index is 2560. The molecule has 352 valence electrons. The van der Waals surface area contributed by atoms with Gasteiger partial charge in [-0.3, -0.25) is 4.79 Å². The molecule has 0 aliphatic rings. The van der Waals surface area contributed by atoms with E-state index in [1.165, 1.54) is 24.3 Å². The van der Waals surface area contributed by atoms with Gasteiger partial charge in [-0.05, 0) is 116 Å². The van der Waals surface area contributed by atoms with Crippen LogP contribution in [-0.2, 0) is 52.3 Å². The van der Waals surface area contributed by atoms with Crippen LogP contribution in [0.3, 0.4) is 0 Å². The van der Waals surface area contributed by atoms with E-state index in [2.05, 4.69) is 0 Å².